The topological polar surface area (TPSA) is 110 Å². The monoisotopic (exact) mass is 335 g/mol. The van der Waals surface area contributed by atoms with Crippen LogP contribution in [0.1, 0.15) is 41.2 Å². The van der Waals surface area contributed by atoms with Gasteiger partial charge in [-0.15, -0.1) is 0 Å². The van der Waals surface area contributed by atoms with Gasteiger partial charge in [-0.25, -0.2) is 9.78 Å². The van der Waals surface area contributed by atoms with Crippen molar-refractivity contribution in [3.8, 4) is 17.2 Å². The smallest absolute Gasteiger partial charge is 0.335 e. The highest BCUT2D eigenvalue weighted by atomic mass is 16.4. The number of H-pyrrole nitrogens is 1. The van der Waals surface area contributed by atoms with Crippen LogP contribution in [-0.2, 0) is 5.60 Å². The Labute approximate surface area is 144 Å². The third-order valence-electron chi connectivity index (χ3n) is 4.03. The second kappa shape index (κ2) is 5.72. The van der Waals surface area contributed by atoms with E-state index in [-0.39, 0.29) is 11.1 Å². The first-order valence-corrected chi connectivity index (χ1v) is 7.71. The molecule has 0 saturated heterocycles. The van der Waals surface area contributed by atoms with Crippen molar-refractivity contribution in [3.63, 3.8) is 0 Å². The summed E-state index contributed by atoms with van der Waals surface area (Å²) in [5.74, 6) is -0.358. The molecule has 0 amide bonds. The number of fused-ring (bicyclic) bond motifs is 1. The largest absolute Gasteiger partial charge is 0.478 e. The fraction of sp³-hybridized carbons (Fsp3) is 0.211. The summed E-state index contributed by atoms with van der Waals surface area (Å²) in [5, 5.41) is 29.4. The second-order valence-corrected chi connectivity index (χ2v) is 6.48. The summed E-state index contributed by atoms with van der Waals surface area (Å²) in [6.45, 7) is 5.00. The minimum atomic E-state index is -1.31. The van der Waals surface area contributed by atoms with Gasteiger partial charge >= 0.3 is 5.97 Å². The van der Waals surface area contributed by atoms with Crippen molar-refractivity contribution in [2.24, 2.45) is 0 Å². The number of aromatic nitrogens is 2. The summed E-state index contributed by atoms with van der Waals surface area (Å²) in [4.78, 5) is 19.0. The van der Waals surface area contributed by atoms with Gasteiger partial charge in [-0.05, 0) is 56.2 Å². The zero-order valence-corrected chi connectivity index (χ0v) is 14.1. The van der Waals surface area contributed by atoms with E-state index in [9.17, 15) is 20.3 Å². The average Bonchev–Trinajstić information content (AvgIpc) is 2.91. The molecule has 0 bridgehead atoms. The van der Waals surface area contributed by atoms with Gasteiger partial charge in [0.2, 0.25) is 0 Å². The Morgan fingerprint density at radius 1 is 1.28 bits per heavy atom. The van der Waals surface area contributed by atoms with Crippen molar-refractivity contribution in [2.75, 3.05) is 0 Å². The number of carboxylic acid groups (broad SMARTS) is 1. The number of rotatable bonds is 3. The van der Waals surface area contributed by atoms with Gasteiger partial charge in [-0.2, -0.15) is 5.26 Å². The van der Waals surface area contributed by atoms with Gasteiger partial charge in [0.05, 0.1) is 33.8 Å². The number of nitrogens with zero attached hydrogens (tertiary/aromatic N) is 2. The first kappa shape index (κ1) is 16.7. The van der Waals surface area contributed by atoms with Gasteiger partial charge in [-0.1, -0.05) is 6.07 Å². The summed E-state index contributed by atoms with van der Waals surface area (Å²) in [7, 11) is 0. The maximum Gasteiger partial charge on any atom is 0.335 e. The third-order valence-corrected chi connectivity index (χ3v) is 4.03. The van der Waals surface area contributed by atoms with Crippen molar-refractivity contribution in [1.82, 2.24) is 9.97 Å². The molecule has 0 fully saturated rings. The molecule has 0 atom stereocenters. The maximum absolute atomic E-state index is 11.4. The first-order chi connectivity index (χ1) is 11.7. The van der Waals surface area contributed by atoms with Crippen LogP contribution < -0.4 is 0 Å². The Bertz CT molecular complexity index is 1040. The Kier molecular flexibility index (Phi) is 3.82. The van der Waals surface area contributed by atoms with E-state index >= 15 is 0 Å². The molecule has 0 radical (unpaired) electrons. The van der Waals surface area contributed by atoms with E-state index in [1.165, 1.54) is 12.1 Å². The lowest BCUT2D eigenvalue weighted by atomic mass is 9.84. The maximum atomic E-state index is 11.4. The molecular weight excluding hydrogens is 318 g/mol. The van der Waals surface area contributed by atoms with Crippen LogP contribution in [0.5, 0.6) is 0 Å². The molecule has 1 heterocycles. The average molecular weight is 335 g/mol. The van der Waals surface area contributed by atoms with Gasteiger partial charge in [0, 0.05) is 5.56 Å². The van der Waals surface area contributed by atoms with E-state index in [0.717, 1.165) is 16.9 Å². The summed E-state index contributed by atoms with van der Waals surface area (Å²) in [6, 6.07) is 10.3. The number of aryl methyl sites for hydroxylation is 1. The fourth-order valence-electron chi connectivity index (χ4n) is 3.04. The van der Waals surface area contributed by atoms with Crippen LogP contribution in [0.2, 0.25) is 0 Å². The quantitative estimate of drug-likeness (QED) is 0.680. The standard InChI is InChI=1S/C19H17N3O3/c1-10-21-15-5-4-11(8-16(15)22-10)14-7-12(18(23)24)6-13(9-20)17(14)19(2,3)25/h4-8,25H,1-3H3,(H,21,22)(H,23,24). The van der Waals surface area contributed by atoms with Crippen molar-refractivity contribution in [3.05, 3.63) is 52.8 Å². The SMILES string of the molecule is Cc1nc2cc(-c3cc(C(=O)O)cc(C#N)c3C(C)(C)O)ccc2[nH]1. The molecule has 6 heteroatoms. The molecular formula is C19H17N3O3. The van der Waals surface area contributed by atoms with E-state index in [0.29, 0.717) is 16.7 Å². The normalized spacial score (nSPS) is 11.5. The molecule has 2 aromatic carbocycles. The molecule has 3 rings (SSSR count). The Morgan fingerprint density at radius 2 is 2.00 bits per heavy atom. The number of nitriles is 1. The molecule has 126 valence electrons. The molecule has 0 unspecified atom stereocenters. The van der Waals surface area contributed by atoms with Crippen molar-refractivity contribution >= 4 is 17.0 Å². The number of carbonyl (C=O) groups is 1. The van der Waals surface area contributed by atoms with E-state index in [1.54, 1.807) is 13.8 Å². The number of carboxylic acids is 1. The number of aromatic carboxylic acids is 1. The Hall–Kier alpha value is -3.17. The molecule has 6 nitrogen and oxygen atoms in total. The Morgan fingerprint density at radius 3 is 2.60 bits per heavy atom. The van der Waals surface area contributed by atoms with Crippen LogP contribution >= 0.6 is 0 Å². The number of hydrogen-bond acceptors (Lipinski definition) is 4. The highest BCUT2D eigenvalue weighted by molar-refractivity contribution is 5.92. The lowest BCUT2D eigenvalue weighted by Gasteiger charge is -2.24. The molecule has 0 aliphatic rings. The van der Waals surface area contributed by atoms with E-state index in [2.05, 4.69) is 9.97 Å². The zero-order chi connectivity index (χ0) is 18.4. The molecule has 0 aliphatic carbocycles. The van der Waals surface area contributed by atoms with E-state index in [4.69, 9.17) is 0 Å². The number of hydrogen-bond donors (Lipinski definition) is 3. The van der Waals surface area contributed by atoms with Crippen molar-refractivity contribution in [1.29, 1.82) is 5.26 Å². The van der Waals surface area contributed by atoms with E-state index < -0.39 is 11.6 Å². The molecule has 0 saturated carbocycles. The molecule has 0 spiro atoms. The molecule has 0 aliphatic heterocycles. The van der Waals surface area contributed by atoms with Crippen LogP contribution in [0.15, 0.2) is 30.3 Å². The predicted octanol–water partition coefficient (Wildman–Crippen LogP) is 3.34. The van der Waals surface area contributed by atoms with Crippen LogP contribution in [-0.4, -0.2) is 26.2 Å². The highest BCUT2D eigenvalue weighted by Gasteiger charge is 2.26. The van der Waals surface area contributed by atoms with Gasteiger partial charge in [0.25, 0.3) is 0 Å². The molecule has 25 heavy (non-hydrogen) atoms. The van der Waals surface area contributed by atoms with E-state index in [1.807, 2.05) is 31.2 Å². The summed E-state index contributed by atoms with van der Waals surface area (Å²) < 4.78 is 0. The summed E-state index contributed by atoms with van der Waals surface area (Å²) >= 11 is 0. The predicted molar refractivity (Wildman–Crippen MR) is 93.2 cm³/mol. The van der Waals surface area contributed by atoms with Crippen LogP contribution in [0, 0.1) is 18.3 Å². The number of aliphatic hydroxyl groups is 1. The summed E-state index contributed by atoms with van der Waals surface area (Å²) in [5.41, 5.74) is 2.01. The molecule has 1 aromatic heterocycles. The fourth-order valence-corrected chi connectivity index (χ4v) is 3.04. The Balaban J connectivity index is 2.36. The molecule has 3 aromatic rings. The first-order valence-electron chi connectivity index (χ1n) is 7.71. The zero-order valence-electron chi connectivity index (χ0n) is 14.1. The van der Waals surface area contributed by atoms with Crippen LogP contribution in [0.3, 0.4) is 0 Å². The van der Waals surface area contributed by atoms with Gasteiger partial charge in [-0.3, -0.25) is 0 Å². The summed E-state index contributed by atoms with van der Waals surface area (Å²) in [6.07, 6.45) is 0. The van der Waals surface area contributed by atoms with Gasteiger partial charge in [0.1, 0.15) is 5.82 Å². The second-order valence-electron chi connectivity index (χ2n) is 6.48. The van der Waals surface area contributed by atoms with Crippen molar-refractivity contribution < 1.29 is 15.0 Å². The third kappa shape index (κ3) is 2.97. The lowest BCUT2D eigenvalue weighted by molar-refractivity contribution is 0.0692. The number of nitrogens with one attached hydrogen (secondary N) is 1. The lowest BCUT2D eigenvalue weighted by Crippen LogP contribution is -2.19. The van der Waals surface area contributed by atoms with Crippen molar-refractivity contribution in [2.45, 2.75) is 26.4 Å². The van der Waals surface area contributed by atoms with Gasteiger partial charge < -0.3 is 15.2 Å². The minimum absolute atomic E-state index is 0.00199. The van der Waals surface area contributed by atoms with Crippen LogP contribution in [0.4, 0.5) is 0 Å². The highest BCUT2D eigenvalue weighted by Crippen LogP contribution is 2.36. The van der Waals surface area contributed by atoms with Crippen LogP contribution in [0.25, 0.3) is 22.2 Å². The molecule has 3 N–H and O–H groups in total. The number of benzene rings is 2. The number of aromatic amines is 1. The number of imidazole rings is 1. The minimum Gasteiger partial charge on any atom is -0.478 e. The van der Waals surface area contributed by atoms with Gasteiger partial charge in [0.15, 0.2) is 0 Å².